The van der Waals surface area contributed by atoms with Crippen LogP contribution >= 0.6 is 23.2 Å². The second kappa shape index (κ2) is 9.61. The summed E-state index contributed by atoms with van der Waals surface area (Å²) >= 11 is 12.1. The summed E-state index contributed by atoms with van der Waals surface area (Å²) in [6, 6.07) is 10.6. The van der Waals surface area contributed by atoms with E-state index in [1.165, 1.54) is 0 Å². The summed E-state index contributed by atoms with van der Waals surface area (Å²) in [6.07, 6.45) is 2.40. The molecule has 2 N–H and O–H groups in total. The topological polar surface area (TPSA) is 61.4 Å². The van der Waals surface area contributed by atoms with Gasteiger partial charge >= 0.3 is 0 Å². The van der Waals surface area contributed by atoms with Crippen LogP contribution in [-0.2, 0) is 16.0 Å². The number of aryl methyl sites for hydroxylation is 2. The third-order valence-corrected chi connectivity index (χ3v) is 5.77. The summed E-state index contributed by atoms with van der Waals surface area (Å²) in [6.45, 7) is 4.91. The standard InChI is InChI=1S/C22H25Cl2N3O2/c1-3-15-7-4-6-14(2)21(15)26-20(28)13-27-11-5-8-19(27)22(29)25-18-12-16(23)9-10-17(18)24/h4,6-7,9-10,12,19H,3,5,8,11,13H2,1-2H3,(H,25,29)(H,26,28). The van der Waals surface area contributed by atoms with Gasteiger partial charge in [-0.05, 0) is 62.1 Å². The molecular weight excluding hydrogens is 409 g/mol. The van der Waals surface area contributed by atoms with Gasteiger partial charge < -0.3 is 10.6 Å². The number of amides is 2. The van der Waals surface area contributed by atoms with Crippen LogP contribution < -0.4 is 10.6 Å². The van der Waals surface area contributed by atoms with Crippen LogP contribution in [0.3, 0.4) is 0 Å². The summed E-state index contributed by atoms with van der Waals surface area (Å²) in [7, 11) is 0. The zero-order valence-electron chi connectivity index (χ0n) is 16.6. The van der Waals surface area contributed by atoms with Gasteiger partial charge in [-0.3, -0.25) is 14.5 Å². The molecule has 0 bridgehead atoms. The van der Waals surface area contributed by atoms with Crippen molar-refractivity contribution in [3.8, 4) is 0 Å². The van der Waals surface area contributed by atoms with Crippen molar-refractivity contribution in [1.29, 1.82) is 0 Å². The van der Waals surface area contributed by atoms with Gasteiger partial charge in [-0.15, -0.1) is 0 Å². The lowest BCUT2D eigenvalue weighted by molar-refractivity contribution is -0.122. The van der Waals surface area contributed by atoms with Gasteiger partial charge in [-0.2, -0.15) is 0 Å². The summed E-state index contributed by atoms with van der Waals surface area (Å²) in [5, 5.41) is 6.80. The molecular formula is C22H25Cl2N3O2. The molecule has 0 radical (unpaired) electrons. The maximum atomic E-state index is 12.8. The van der Waals surface area contributed by atoms with Crippen molar-refractivity contribution < 1.29 is 9.59 Å². The van der Waals surface area contributed by atoms with E-state index in [-0.39, 0.29) is 24.4 Å². The third kappa shape index (κ3) is 5.30. The lowest BCUT2D eigenvalue weighted by atomic mass is 10.1. The Bertz CT molecular complexity index is 917. The number of halogens is 2. The number of rotatable bonds is 6. The molecule has 29 heavy (non-hydrogen) atoms. The fraction of sp³-hybridized carbons (Fsp3) is 0.364. The molecule has 0 saturated carbocycles. The highest BCUT2D eigenvalue weighted by molar-refractivity contribution is 6.35. The highest BCUT2D eigenvalue weighted by Crippen LogP contribution is 2.27. The van der Waals surface area contributed by atoms with E-state index < -0.39 is 0 Å². The minimum Gasteiger partial charge on any atom is -0.324 e. The number of para-hydroxylation sites is 1. The number of hydrogen-bond acceptors (Lipinski definition) is 3. The van der Waals surface area contributed by atoms with Crippen molar-refractivity contribution in [3.05, 3.63) is 57.6 Å². The predicted octanol–water partition coefficient (Wildman–Crippen LogP) is 4.91. The van der Waals surface area contributed by atoms with Gasteiger partial charge in [-0.25, -0.2) is 0 Å². The van der Waals surface area contributed by atoms with Crippen LogP contribution in [0.15, 0.2) is 36.4 Å². The number of nitrogens with one attached hydrogen (secondary N) is 2. The number of hydrogen-bond donors (Lipinski definition) is 2. The van der Waals surface area contributed by atoms with Gasteiger partial charge in [0, 0.05) is 10.7 Å². The number of anilines is 2. The van der Waals surface area contributed by atoms with Gasteiger partial charge in [0.2, 0.25) is 11.8 Å². The summed E-state index contributed by atoms with van der Waals surface area (Å²) in [4.78, 5) is 27.4. The SMILES string of the molecule is CCc1cccc(C)c1NC(=O)CN1CCCC1C(=O)Nc1cc(Cl)ccc1Cl. The molecule has 2 aromatic rings. The Balaban J connectivity index is 1.65. The van der Waals surface area contributed by atoms with Crippen molar-refractivity contribution in [2.24, 2.45) is 0 Å². The average molecular weight is 434 g/mol. The first kappa shape index (κ1) is 21.6. The normalized spacial score (nSPS) is 16.6. The first-order chi connectivity index (χ1) is 13.9. The van der Waals surface area contributed by atoms with Gasteiger partial charge in [0.25, 0.3) is 0 Å². The second-order valence-corrected chi connectivity index (χ2v) is 8.10. The molecule has 154 valence electrons. The second-order valence-electron chi connectivity index (χ2n) is 7.25. The number of benzene rings is 2. The van der Waals surface area contributed by atoms with E-state index >= 15 is 0 Å². The molecule has 1 aliphatic heterocycles. The largest absolute Gasteiger partial charge is 0.324 e. The van der Waals surface area contributed by atoms with Crippen molar-refractivity contribution in [3.63, 3.8) is 0 Å². The summed E-state index contributed by atoms with van der Waals surface area (Å²) in [5.74, 6) is -0.293. The van der Waals surface area contributed by atoms with E-state index in [1.807, 2.05) is 30.0 Å². The highest BCUT2D eigenvalue weighted by Gasteiger charge is 2.32. The van der Waals surface area contributed by atoms with Crippen LogP contribution in [0.1, 0.15) is 30.9 Å². The Morgan fingerprint density at radius 3 is 2.72 bits per heavy atom. The molecule has 1 fully saturated rings. The molecule has 7 heteroatoms. The molecule has 0 spiro atoms. The van der Waals surface area contributed by atoms with E-state index in [0.717, 1.165) is 29.7 Å². The smallest absolute Gasteiger partial charge is 0.241 e. The fourth-order valence-electron chi connectivity index (χ4n) is 3.69. The first-order valence-electron chi connectivity index (χ1n) is 9.77. The minimum absolute atomic E-state index is 0.116. The average Bonchev–Trinajstić information content (AvgIpc) is 3.14. The minimum atomic E-state index is -0.377. The summed E-state index contributed by atoms with van der Waals surface area (Å²) in [5.41, 5.74) is 3.48. The predicted molar refractivity (Wildman–Crippen MR) is 119 cm³/mol. The maximum Gasteiger partial charge on any atom is 0.241 e. The van der Waals surface area contributed by atoms with E-state index in [9.17, 15) is 9.59 Å². The summed E-state index contributed by atoms with van der Waals surface area (Å²) < 4.78 is 0. The van der Waals surface area contributed by atoms with Crippen LogP contribution in [-0.4, -0.2) is 35.8 Å². The van der Waals surface area contributed by atoms with Crippen molar-refractivity contribution in [2.45, 2.75) is 39.2 Å². The fourth-order valence-corrected chi connectivity index (χ4v) is 4.02. The van der Waals surface area contributed by atoms with E-state index in [1.54, 1.807) is 18.2 Å². The molecule has 1 heterocycles. The van der Waals surface area contributed by atoms with Crippen LogP contribution in [0.2, 0.25) is 10.0 Å². The molecule has 2 amide bonds. The van der Waals surface area contributed by atoms with Gasteiger partial charge in [0.05, 0.1) is 23.3 Å². The van der Waals surface area contributed by atoms with Crippen LogP contribution in [0, 0.1) is 6.92 Å². The molecule has 2 aromatic carbocycles. The Kier molecular flexibility index (Phi) is 7.17. The number of carbonyl (C=O) groups is 2. The lowest BCUT2D eigenvalue weighted by Gasteiger charge is -2.24. The van der Waals surface area contributed by atoms with Gasteiger partial charge in [-0.1, -0.05) is 48.3 Å². The van der Waals surface area contributed by atoms with Crippen molar-refractivity contribution in [2.75, 3.05) is 23.7 Å². The number of likely N-dealkylation sites (tertiary alicyclic amines) is 1. The quantitative estimate of drug-likeness (QED) is 0.680. The molecule has 0 aromatic heterocycles. The lowest BCUT2D eigenvalue weighted by Crippen LogP contribution is -2.43. The molecule has 0 aliphatic carbocycles. The van der Waals surface area contributed by atoms with Crippen molar-refractivity contribution in [1.82, 2.24) is 4.90 Å². The molecule has 1 unspecified atom stereocenters. The Morgan fingerprint density at radius 1 is 1.17 bits per heavy atom. The Labute approximate surface area is 181 Å². The number of carbonyl (C=O) groups excluding carboxylic acids is 2. The van der Waals surface area contributed by atoms with E-state index in [0.29, 0.717) is 28.7 Å². The molecule has 5 nitrogen and oxygen atoms in total. The monoisotopic (exact) mass is 433 g/mol. The number of nitrogens with zero attached hydrogens (tertiary/aromatic N) is 1. The highest BCUT2D eigenvalue weighted by atomic mass is 35.5. The Hall–Kier alpha value is -2.08. The van der Waals surface area contributed by atoms with Crippen LogP contribution in [0.25, 0.3) is 0 Å². The maximum absolute atomic E-state index is 12.8. The van der Waals surface area contributed by atoms with Crippen LogP contribution in [0.5, 0.6) is 0 Å². The molecule has 1 saturated heterocycles. The van der Waals surface area contributed by atoms with E-state index in [2.05, 4.69) is 17.6 Å². The van der Waals surface area contributed by atoms with E-state index in [4.69, 9.17) is 23.2 Å². The van der Waals surface area contributed by atoms with Gasteiger partial charge in [0.15, 0.2) is 0 Å². The third-order valence-electron chi connectivity index (χ3n) is 5.20. The van der Waals surface area contributed by atoms with Crippen LogP contribution in [0.4, 0.5) is 11.4 Å². The molecule has 1 atom stereocenters. The first-order valence-corrected chi connectivity index (χ1v) is 10.5. The zero-order valence-corrected chi connectivity index (χ0v) is 18.1. The zero-order chi connectivity index (χ0) is 21.0. The van der Waals surface area contributed by atoms with Gasteiger partial charge in [0.1, 0.15) is 0 Å². The Morgan fingerprint density at radius 2 is 1.97 bits per heavy atom. The van der Waals surface area contributed by atoms with Crippen molar-refractivity contribution >= 4 is 46.4 Å². The molecule has 1 aliphatic rings. The molecule has 3 rings (SSSR count).